The Labute approximate surface area is 279 Å². The molecule has 2 aromatic carbocycles. The maximum atomic E-state index is 17.1. The zero-order valence-corrected chi connectivity index (χ0v) is 26.7. The Morgan fingerprint density at radius 2 is 2.02 bits per heavy atom. The van der Waals surface area contributed by atoms with Gasteiger partial charge < -0.3 is 19.5 Å². The van der Waals surface area contributed by atoms with Gasteiger partial charge in [-0.05, 0) is 50.6 Å². The molecule has 1 amide bonds. The number of benzene rings is 2. The standard InChI is InChI=1S/C36H33F3N6O4/c1-3-22-24(38)10-8-19-6-4-7-23(26(19)22)29-28(39)30-27-32(42-34(41-30)48-17-36-12-5-13-43(36)15-20(37)14-36)44-16-21-9-11-25(45(21)35(46)47)31(44)18(2)49-33(27)40-29/h1,4,6-8,10,18,20-21,25,31H,5,9,11-17H2,2H3,(H,46,47)/t18?,20-,21?,25?,31?,36+/m1/s1. The summed E-state index contributed by atoms with van der Waals surface area (Å²) in [4.78, 5) is 32.2. The normalized spacial score (nSPS) is 28.7. The molecular formula is C36H33F3N6O4. The second kappa shape index (κ2) is 10.8. The number of carboxylic acid groups (broad SMARTS) is 1. The lowest BCUT2D eigenvalue weighted by Gasteiger charge is -2.47. The van der Waals surface area contributed by atoms with Gasteiger partial charge in [0.1, 0.15) is 47.1 Å². The third kappa shape index (κ3) is 4.39. The fourth-order valence-corrected chi connectivity index (χ4v) is 9.30. The van der Waals surface area contributed by atoms with Gasteiger partial charge in [-0.3, -0.25) is 9.80 Å². The molecule has 5 aliphatic heterocycles. The molecule has 5 aliphatic rings. The summed E-state index contributed by atoms with van der Waals surface area (Å²) in [6.07, 6.45) is 6.53. The number of aromatic nitrogens is 3. The molecule has 49 heavy (non-hydrogen) atoms. The van der Waals surface area contributed by atoms with E-state index in [2.05, 4.69) is 15.8 Å². The number of halogens is 3. The van der Waals surface area contributed by atoms with Gasteiger partial charge in [0.2, 0.25) is 5.88 Å². The molecule has 0 radical (unpaired) electrons. The van der Waals surface area contributed by atoms with Crippen molar-refractivity contribution >= 4 is 33.6 Å². The van der Waals surface area contributed by atoms with Gasteiger partial charge in [0.05, 0.1) is 29.2 Å². The predicted octanol–water partition coefficient (Wildman–Crippen LogP) is 5.54. The number of hydrogen-bond acceptors (Lipinski definition) is 8. The summed E-state index contributed by atoms with van der Waals surface area (Å²) < 4.78 is 59.5. The monoisotopic (exact) mass is 670 g/mol. The van der Waals surface area contributed by atoms with Crippen LogP contribution in [-0.2, 0) is 0 Å². The maximum absolute atomic E-state index is 17.1. The molecule has 4 saturated heterocycles. The number of pyridine rings is 1. The van der Waals surface area contributed by atoms with E-state index in [-0.39, 0.29) is 52.3 Å². The van der Waals surface area contributed by atoms with E-state index < -0.39 is 47.6 Å². The van der Waals surface area contributed by atoms with Crippen LogP contribution >= 0.6 is 0 Å². The Balaban J connectivity index is 1.25. The van der Waals surface area contributed by atoms with Crippen LogP contribution in [0, 0.1) is 24.0 Å². The maximum Gasteiger partial charge on any atom is 0.407 e. The Morgan fingerprint density at radius 3 is 2.84 bits per heavy atom. The van der Waals surface area contributed by atoms with E-state index >= 15 is 4.39 Å². The number of anilines is 1. The summed E-state index contributed by atoms with van der Waals surface area (Å²) in [6.45, 7) is 3.41. The first-order valence-electron chi connectivity index (χ1n) is 16.7. The van der Waals surface area contributed by atoms with E-state index in [1.165, 1.54) is 11.0 Å². The Morgan fingerprint density at radius 1 is 1.16 bits per heavy atom. The largest absolute Gasteiger partial charge is 0.472 e. The molecule has 2 bridgehead atoms. The van der Waals surface area contributed by atoms with Crippen LogP contribution in [0.15, 0.2) is 30.3 Å². The zero-order valence-electron chi connectivity index (χ0n) is 26.7. The van der Waals surface area contributed by atoms with Crippen LogP contribution in [0.25, 0.3) is 32.9 Å². The Kier molecular flexibility index (Phi) is 6.69. The van der Waals surface area contributed by atoms with Crippen molar-refractivity contribution in [1.29, 1.82) is 0 Å². The number of carbonyl (C=O) groups is 1. The lowest BCUT2D eigenvalue weighted by molar-refractivity contribution is 0.0706. The van der Waals surface area contributed by atoms with Crippen LogP contribution in [0.3, 0.4) is 0 Å². The van der Waals surface area contributed by atoms with Gasteiger partial charge in [0.25, 0.3) is 0 Å². The van der Waals surface area contributed by atoms with E-state index in [0.717, 1.165) is 19.4 Å². The molecule has 10 nitrogen and oxygen atoms in total. The van der Waals surface area contributed by atoms with E-state index in [1.807, 2.05) is 11.8 Å². The highest BCUT2D eigenvalue weighted by atomic mass is 19.1. The van der Waals surface area contributed by atoms with Crippen molar-refractivity contribution in [2.45, 2.75) is 75.0 Å². The summed E-state index contributed by atoms with van der Waals surface area (Å²) in [5.41, 5.74) is -0.496. The average molecular weight is 671 g/mol. The van der Waals surface area contributed by atoms with Crippen molar-refractivity contribution in [2.24, 2.45) is 0 Å². The average Bonchev–Trinajstić information content (AvgIpc) is 3.69. The molecule has 1 N–H and O–H groups in total. The second-order valence-electron chi connectivity index (χ2n) is 13.9. The third-order valence-electron chi connectivity index (χ3n) is 11.3. The minimum atomic E-state index is -1.000. The van der Waals surface area contributed by atoms with Gasteiger partial charge >= 0.3 is 12.1 Å². The lowest BCUT2D eigenvalue weighted by atomic mass is 9.95. The van der Waals surface area contributed by atoms with Crippen LogP contribution in [0.1, 0.15) is 44.6 Å². The number of ether oxygens (including phenoxy) is 2. The molecule has 0 spiro atoms. The van der Waals surface area contributed by atoms with Gasteiger partial charge in [0.15, 0.2) is 5.82 Å². The minimum absolute atomic E-state index is 0.0213. The van der Waals surface area contributed by atoms with Crippen LogP contribution < -0.4 is 14.4 Å². The van der Waals surface area contributed by atoms with Gasteiger partial charge in [-0.2, -0.15) is 9.97 Å². The number of terminal acetylenes is 1. The Hall–Kier alpha value is -4.83. The topological polar surface area (TPSA) is 104 Å². The molecule has 2 aromatic heterocycles. The molecular weight excluding hydrogens is 637 g/mol. The van der Waals surface area contributed by atoms with Crippen molar-refractivity contribution in [2.75, 3.05) is 31.1 Å². The van der Waals surface area contributed by atoms with Crippen molar-refractivity contribution in [3.63, 3.8) is 0 Å². The molecule has 4 fully saturated rings. The molecule has 0 saturated carbocycles. The number of amides is 1. The van der Waals surface area contributed by atoms with Crippen LogP contribution in [0.4, 0.5) is 23.8 Å². The first kappa shape index (κ1) is 30.2. The van der Waals surface area contributed by atoms with E-state index in [9.17, 15) is 18.7 Å². The van der Waals surface area contributed by atoms with Gasteiger partial charge in [0, 0.05) is 30.5 Å². The summed E-state index contributed by atoms with van der Waals surface area (Å²) >= 11 is 0. The van der Waals surface area contributed by atoms with E-state index in [1.54, 1.807) is 24.3 Å². The van der Waals surface area contributed by atoms with Crippen molar-refractivity contribution in [3.05, 3.63) is 47.5 Å². The first-order chi connectivity index (χ1) is 23.7. The summed E-state index contributed by atoms with van der Waals surface area (Å²) in [5, 5.41) is 11.3. The molecule has 4 unspecified atom stereocenters. The third-order valence-corrected chi connectivity index (χ3v) is 11.3. The number of piperazine rings is 1. The molecule has 9 rings (SSSR count). The second-order valence-corrected chi connectivity index (χ2v) is 13.9. The number of nitrogens with zero attached hydrogens (tertiary/aromatic N) is 6. The van der Waals surface area contributed by atoms with Crippen LogP contribution in [0.2, 0.25) is 0 Å². The van der Waals surface area contributed by atoms with Crippen molar-refractivity contribution < 1.29 is 32.5 Å². The fraction of sp³-hybridized carbons (Fsp3) is 0.444. The molecule has 4 aromatic rings. The molecule has 6 atom stereocenters. The molecule has 252 valence electrons. The van der Waals surface area contributed by atoms with Gasteiger partial charge in [-0.25, -0.2) is 22.9 Å². The summed E-state index contributed by atoms with van der Waals surface area (Å²) in [6, 6.07) is 6.71. The van der Waals surface area contributed by atoms with Gasteiger partial charge in [-0.1, -0.05) is 30.2 Å². The van der Waals surface area contributed by atoms with Crippen LogP contribution in [0.5, 0.6) is 11.9 Å². The highest BCUT2D eigenvalue weighted by Gasteiger charge is 2.53. The Bertz CT molecular complexity index is 2110. The fourth-order valence-electron chi connectivity index (χ4n) is 9.30. The van der Waals surface area contributed by atoms with Crippen LogP contribution in [-0.4, -0.2) is 98.1 Å². The minimum Gasteiger partial charge on any atom is -0.472 e. The number of alkyl halides is 1. The highest BCUT2D eigenvalue weighted by Crippen LogP contribution is 2.47. The lowest BCUT2D eigenvalue weighted by Crippen LogP contribution is -2.64. The SMILES string of the molecule is C#Cc1c(F)ccc2cccc(-c3nc4c5c(nc(OC[C@@]67CCCN6C[C@H](F)C7)nc5c3F)N3CC5CCC(C3C(C)O4)N5C(=O)O)c12. The number of hydrogen-bond donors (Lipinski definition) is 1. The smallest absolute Gasteiger partial charge is 0.407 e. The quantitative estimate of drug-likeness (QED) is 0.281. The predicted molar refractivity (Wildman–Crippen MR) is 175 cm³/mol. The van der Waals surface area contributed by atoms with Crippen molar-refractivity contribution in [1.82, 2.24) is 24.8 Å². The number of fused-ring (bicyclic) bond motifs is 7. The molecule has 0 aliphatic carbocycles. The highest BCUT2D eigenvalue weighted by molar-refractivity contribution is 6.03. The van der Waals surface area contributed by atoms with E-state index in [4.69, 9.17) is 25.9 Å². The molecule has 13 heteroatoms. The first-order valence-corrected chi connectivity index (χ1v) is 16.7. The van der Waals surface area contributed by atoms with E-state index in [0.29, 0.717) is 48.9 Å². The van der Waals surface area contributed by atoms with Crippen molar-refractivity contribution in [3.8, 4) is 35.5 Å². The van der Waals surface area contributed by atoms with Gasteiger partial charge in [-0.15, -0.1) is 6.42 Å². The molecule has 7 heterocycles. The zero-order chi connectivity index (χ0) is 33.8. The number of rotatable bonds is 4. The summed E-state index contributed by atoms with van der Waals surface area (Å²) in [5.74, 6) is 1.41. The summed E-state index contributed by atoms with van der Waals surface area (Å²) in [7, 11) is 0.